The first-order chi connectivity index (χ1) is 11.5. The van der Waals surface area contributed by atoms with Gasteiger partial charge >= 0.3 is 0 Å². The zero-order valence-electron chi connectivity index (χ0n) is 12.7. The highest BCUT2D eigenvalue weighted by Gasteiger charge is 2.23. The number of rotatable bonds is 3. The lowest BCUT2D eigenvalue weighted by Crippen LogP contribution is -2.12. The van der Waals surface area contributed by atoms with E-state index in [2.05, 4.69) is 5.32 Å². The number of nitrogens with zero attached hydrogens (tertiary/aromatic N) is 1. The van der Waals surface area contributed by atoms with Gasteiger partial charge in [0.05, 0.1) is 4.92 Å². The largest absolute Gasteiger partial charge is 0.383 e. The summed E-state index contributed by atoms with van der Waals surface area (Å²) in [5.74, 6) is -0.263. The number of carbonyl (C=O) groups excluding carboxylic acids is 1. The molecule has 0 saturated heterocycles. The number of thioether (sulfide) groups is 1. The van der Waals surface area contributed by atoms with Crippen LogP contribution in [-0.2, 0) is 0 Å². The van der Waals surface area contributed by atoms with Gasteiger partial charge in [-0.25, -0.2) is 4.39 Å². The van der Waals surface area contributed by atoms with Crippen LogP contribution in [0.2, 0.25) is 0 Å². The lowest BCUT2D eigenvalue weighted by molar-refractivity contribution is -0.383. The van der Waals surface area contributed by atoms with Crippen molar-refractivity contribution in [1.29, 1.82) is 0 Å². The van der Waals surface area contributed by atoms with Gasteiger partial charge in [-0.2, -0.15) is 0 Å². The van der Waals surface area contributed by atoms with Crippen molar-refractivity contribution < 1.29 is 14.1 Å². The molecule has 0 spiro atoms. The van der Waals surface area contributed by atoms with Crippen LogP contribution in [0.4, 0.5) is 15.8 Å². The van der Waals surface area contributed by atoms with Crippen molar-refractivity contribution in [1.82, 2.24) is 0 Å². The average molecular weight is 344 g/mol. The fourth-order valence-electron chi connectivity index (χ4n) is 2.51. The molecule has 1 aliphatic heterocycles. The molecule has 1 N–H and O–H groups in total. The first-order valence-corrected chi connectivity index (χ1v) is 8.12. The SMILES string of the molecule is CNc1ccc(C=C2CSc3ccc(F)cc3C2=O)cc1[N+](=O)[O-]. The van der Waals surface area contributed by atoms with Crippen LogP contribution < -0.4 is 5.32 Å². The predicted molar refractivity (Wildman–Crippen MR) is 92.1 cm³/mol. The van der Waals surface area contributed by atoms with Crippen LogP contribution in [0.25, 0.3) is 6.08 Å². The van der Waals surface area contributed by atoms with Crippen LogP contribution >= 0.6 is 11.8 Å². The molecule has 0 fully saturated rings. The lowest BCUT2D eigenvalue weighted by Gasteiger charge is -2.17. The van der Waals surface area contributed by atoms with Gasteiger partial charge in [0, 0.05) is 34.9 Å². The minimum atomic E-state index is -0.476. The van der Waals surface area contributed by atoms with E-state index >= 15 is 0 Å². The molecule has 3 rings (SSSR count). The van der Waals surface area contributed by atoms with E-state index in [1.54, 1.807) is 31.3 Å². The zero-order valence-corrected chi connectivity index (χ0v) is 13.5. The standard InChI is InChI=1S/C17H13FN2O3S/c1-19-14-4-2-10(7-15(14)20(22)23)6-11-9-24-16-5-3-12(18)8-13(16)17(11)21/h2-8,19H,9H2,1H3. The number of hydrogen-bond donors (Lipinski definition) is 1. The number of nitro groups is 1. The molecule has 0 unspecified atom stereocenters. The molecule has 7 heteroatoms. The van der Waals surface area contributed by atoms with E-state index in [9.17, 15) is 19.3 Å². The molecule has 1 heterocycles. The normalized spacial score (nSPS) is 15.2. The first kappa shape index (κ1) is 16.2. The van der Waals surface area contributed by atoms with Gasteiger partial charge < -0.3 is 5.32 Å². The van der Waals surface area contributed by atoms with E-state index in [1.165, 1.54) is 30.0 Å². The zero-order chi connectivity index (χ0) is 17.3. The highest BCUT2D eigenvalue weighted by atomic mass is 32.2. The molecule has 0 aliphatic carbocycles. The van der Waals surface area contributed by atoms with Gasteiger partial charge in [0.25, 0.3) is 5.69 Å². The maximum absolute atomic E-state index is 13.4. The van der Waals surface area contributed by atoms with Crippen LogP contribution in [0.15, 0.2) is 46.9 Å². The van der Waals surface area contributed by atoms with Crippen molar-refractivity contribution in [2.75, 3.05) is 18.1 Å². The third-order valence-electron chi connectivity index (χ3n) is 3.69. The van der Waals surface area contributed by atoms with Crippen LogP contribution in [-0.4, -0.2) is 23.5 Å². The van der Waals surface area contributed by atoms with Gasteiger partial charge in [-0.15, -0.1) is 11.8 Å². The van der Waals surface area contributed by atoms with Crippen LogP contribution in [0.3, 0.4) is 0 Å². The third kappa shape index (κ3) is 3.03. The second-order valence-corrected chi connectivity index (χ2v) is 6.23. The van der Waals surface area contributed by atoms with Crippen molar-refractivity contribution in [3.63, 3.8) is 0 Å². The Morgan fingerprint density at radius 3 is 2.79 bits per heavy atom. The van der Waals surface area contributed by atoms with Gasteiger partial charge in [-0.05, 0) is 35.9 Å². The van der Waals surface area contributed by atoms with Crippen molar-refractivity contribution in [3.05, 3.63) is 69.0 Å². The summed E-state index contributed by atoms with van der Waals surface area (Å²) in [4.78, 5) is 23.9. The Morgan fingerprint density at radius 2 is 2.08 bits per heavy atom. The van der Waals surface area contributed by atoms with E-state index in [0.717, 1.165) is 4.90 Å². The van der Waals surface area contributed by atoms with Gasteiger partial charge in [0.2, 0.25) is 0 Å². The first-order valence-electron chi connectivity index (χ1n) is 7.13. The number of hydrogen-bond acceptors (Lipinski definition) is 5. The Balaban J connectivity index is 1.99. The average Bonchev–Trinajstić information content (AvgIpc) is 2.57. The Morgan fingerprint density at radius 1 is 1.29 bits per heavy atom. The van der Waals surface area contributed by atoms with Gasteiger partial charge in [0.1, 0.15) is 11.5 Å². The summed E-state index contributed by atoms with van der Waals surface area (Å²) in [7, 11) is 1.60. The Labute approximate surface area is 141 Å². The molecule has 0 aromatic heterocycles. The van der Waals surface area contributed by atoms with E-state index in [-0.39, 0.29) is 11.5 Å². The molecule has 0 amide bonds. The molecule has 24 heavy (non-hydrogen) atoms. The Bertz CT molecular complexity index is 880. The van der Waals surface area contributed by atoms with Crippen molar-refractivity contribution >= 4 is 35.0 Å². The summed E-state index contributed by atoms with van der Waals surface area (Å²) in [6.45, 7) is 0. The monoisotopic (exact) mass is 344 g/mol. The van der Waals surface area contributed by atoms with Crippen molar-refractivity contribution in [3.8, 4) is 0 Å². The van der Waals surface area contributed by atoms with Crippen LogP contribution in [0.5, 0.6) is 0 Å². The minimum absolute atomic E-state index is 0.0609. The number of benzene rings is 2. The maximum Gasteiger partial charge on any atom is 0.292 e. The summed E-state index contributed by atoms with van der Waals surface area (Å²) in [5, 5.41) is 13.9. The molecule has 2 aromatic rings. The molecule has 2 aromatic carbocycles. The number of fused-ring (bicyclic) bond motifs is 1. The second-order valence-electron chi connectivity index (χ2n) is 5.21. The number of ketones is 1. The molecule has 5 nitrogen and oxygen atoms in total. The number of halogens is 1. The molecule has 0 atom stereocenters. The molecule has 0 radical (unpaired) electrons. The van der Waals surface area contributed by atoms with Crippen LogP contribution in [0, 0.1) is 15.9 Å². The van der Waals surface area contributed by atoms with Gasteiger partial charge in [-0.3, -0.25) is 14.9 Å². The molecule has 122 valence electrons. The number of nitro benzene ring substituents is 1. The topological polar surface area (TPSA) is 72.2 Å². The highest BCUT2D eigenvalue weighted by Crippen LogP contribution is 2.34. The minimum Gasteiger partial charge on any atom is -0.383 e. The summed E-state index contributed by atoms with van der Waals surface area (Å²) < 4.78 is 13.4. The quantitative estimate of drug-likeness (QED) is 0.514. The molecular formula is C17H13FN2O3S. The van der Waals surface area contributed by atoms with E-state index in [4.69, 9.17) is 0 Å². The van der Waals surface area contributed by atoms with Gasteiger partial charge in [0.15, 0.2) is 5.78 Å². The third-order valence-corrected chi connectivity index (χ3v) is 4.81. The molecule has 1 aliphatic rings. The molecular weight excluding hydrogens is 331 g/mol. The van der Waals surface area contributed by atoms with Crippen LogP contribution in [0.1, 0.15) is 15.9 Å². The summed E-state index contributed by atoms with van der Waals surface area (Å²) in [5.41, 5.74) is 1.72. The van der Waals surface area contributed by atoms with Crippen molar-refractivity contribution in [2.45, 2.75) is 4.90 Å². The Hall–Kier alpha value is -2.67. The Kier molecular flexibility index (Phi) is 4.35. The van der Waals surface area contributed by atoms with E-state index in [1.807, 2.05) is 0 Å². The smallest absolute Gasteiger partial charge is 0.292 e. The summed E-state index contributed by atoms with van der Waals surface area (Å²) >= 11 is 1.44. The molecule has 0 saturated carbocycles. The number of anilines is 1. The van der Waals surface area contributed by atoms with E-state index < -0.39 is 10.7 Å². The van der Waals surface area contributed by atoms with Crippen molar-refractivity contribution in [2.24, 2.45) is 0 Å². The van der Waals surface area contributed by atoms with Gasteiger partial charge in [-0.1, -0.05) is 6.07 Å². The molecule has 0 bridgehead atoms. The van der Waals surface area contributed by atoms with E-state index in [0.29, 0.717) is 28.1 Å². The maximum atomic E-state index is 13.4. The second kappa shape index (κ2) is 6.45. The fourth-order valence-corrected chi connectivity index (χ4v) is 3.51. The number of nitrogens with one attached hydrogen (secondary N) is 1. The fraction of sp³-hybridized carbons (Fsp3) is 0.118. The predicted octanol–water partition coefficient (Wildman–Crippen LogP) is 4.15. The number of Topliss-reactive ketones (excluding diaryl/α,β-unsaturated/α-hetero) is 1. The lowest BCUT2D eigenvalue weighted by atomic mass is 10.0. The summed E-state index contributed by atoms with van der Waals surface area (Å²) in [6, 6.07) is 8.86. The number of carbonyl (C=O) groups is 1. The summed E-state index contributed by atoms with van der Waals surface area (Å²) in [6.07, 6.45) is 1.62. The highest BCUT2D eigenvalue weighted by molar-refractivity contribution is 7.99.